The fraction of sp³-hybridized carbons (Fsp3) is 0.773. The van der Waals surface area contributed by atoms with Gasteiger partial charge in [0.05, 0.1) is 24.9 Å². The predicted octanol–water partition coefficient (Wildman–Crippen LogP) is 7.01. The Hall–Kier alpha value is -2.34. The molecule has 298 valence electrons. The summed E-state index contributed by atoms with van der Waals surface area (Å²) in [5.41, 5.74) is 2.88. The Morgan fingerprint density at radius 1 is 0.963 bits per heavy atom. The van der Waals surface area contributed by atoms with Gasteiger partial charge >= 0.3 is 5.97 Å². The molecular formula is C44H64N2O8. The van der Waals surface area contributed by atoms with Crippen molar-refractivity contribution in [1.29, 1.82) is 0 Å². The van der Waals surface area contributed by atoms with Crippen molar-refractivity contribution in [3.63, 3.8) is 0 Å². The summed E-state index contributed by atoms with van der Waals surface area (Å²) in [7, 11) is 0. The van der Waals surface area contributed by atoms with Crippen molar-refractivity contribution in [1.82, 2.24) is 10.4 Å². The topological polar surface area (TPSA) is 119 Å². The molecule has 10 atom stereocenters. The smallest absolute Gasteiger partial charge is 0.327 e. The first-order chi connectivity index (χ1) is 26.0. The molecule has 4 aliphatic heterocycles. The molecule has 0 spiro atoms. The summed E-state index contributed by atoms with van der Waals surface area (Å²) in [6, 6.07) is 7.59. The first-order valence-electron chi connectivity index (χ1n) is 21.3. The summed E-state index contributed by atoms with van der Waals surface area (Å²) in [5.74, 6) is -0.279. The van der Waals surface area contributed by atoms with Crippen LogP contribution in [0.1, 0.15) is 136 Å². The third kappa shape index (κ3) is 6.78. The molecule has 3 saturated carbocycles. The molecule has 1 aromatic carbocycles. The van der Waals surface area contributed by atoms with E-state index < -0.39 is 47.6 Å². The summed E-state index contributed by atoms with van der Waals surface area (Å²) >= 11 is 0. The number of ether oxygens (including phenoxy) is 4. The van der Waals surface area contributed by atoms with Crippen LogP contribution in [0.25, 0.3) is 6.08 Å². The summed E-state index contributed by atoms with van der Waals surface area (Å²) in [6.07, 6.45) is 14.1. The van der Waals surface area contributed by atoms with Gasteiger partial charge in [-0.3, -0.25) is 14.4 Å². The minimum absolute atomic E-state index is 0.0659. The number of carbonyl (C=O) groups is 2. The quantitative estimate of drug-likeness (QED) is 0.118. The van der Waals surface area contributed by atoms with Crippen LogP contribution in [0.2, 0.25) is 0 Å². The zero-order valence-electron chi connectivity index (χ0n) is 33.3. The number of esters is 1. The van der Waals surface area contributed by atoms with Gasteiger partial charge in [0.1, 0.15) is 29.8 Å². The van der Waals surface area contributed by atoms with Crippen LogP contribution in [0.3, 0.4) is 0 Å². The molecule has 0 aromatic heterocycles. The second-order valence-corrected chi connectivity index (χ2v) is 18.6. The number of unbranched alkanes of at least 4 members (excludes halogenated alkanes) is 4. The number of benzene rings is 1. The number of nitrogens with one attached hydrogen (secondary N) is 1. The first-order valence-corrected chi connectivity index (χ1v) is 21.3. The number of fused-ring (bicyclic) bond motifs is 6. The normalized spacial score (nSPS) is 39.3. The third-order valence-electron chi connectivity index (χ3n) is 14.5. The number of epoxide rings is 1. The van der Waals surface area contributed by atoms with Gasteiger partial charge in [-0.05, 0) is 80.2 Å². The lowest BCUT2D eigenvalue weighted by Gasteiger charge is -2.53. The van der Waals surface area contributed by atoms with Crippen molar-refractivity contribution >= 4 is 18.0 Å². The molecule has 2 bridgehead atoms. The molecule has 7 aliphatic rings. The van der Waals surface area contributed by atoms with Crippen LogP contribution in [0.15, 0.2) is 29.8 Å². The molecular weight excluding hydrogens is 684 g/mol. The molecule has 2 N–H and O–H groups in total. The number of hydrogen-bond acceptors (Lipinski definition) is 9. The first kappa shape index (κ1) is 38.5. The van der Waals surface area contributed by atoms with Crippen molar-refractivity contribution in [3.8, 4) is 0 Å². The van der Waals surface area contributed by atoms with Gasteiger partial charge in [0, 0.05) is 25.8 Å². The average molecular weight is 749 g/mol. The molecule has 4 saturated heterocycles. The lowest BCUT2D eigenvalue weighted by atomic mass is 9.52. The van der Waals surface area contributed by atoms with E-state index in [-0.39, 0.29) is 31.1 Å². The maximum atomic E-state index is 14.3. The van der Waals surface area contributed by atoms with Crippen molar-refractivity contribution in [2.24, 2.45) is 22.7 Å². The van der Waals surface area contributed by atoms with E-state index in [9.17, 15) is 14.7 Å². The van der Waals surface area contributed by atoms with Crippen LogP contribution in [-0.2, 0) is 39.9 Å². The van der Waals surface area contributed by atoms with Gasteiger partial charge in [-0.25, -0.2) is 0 Å². The largest absolute Gasteiger partial charge is 0.458 e. The molecule has 1 amide bonds. The number of hydrogen-bond donors (Lipinski definition) is 2. The van der Waals surface area contributed by atoms with Crippen molar-refractivity contribution < 1.29 is 38.5 Å². The van der Waals surface area contributed by atoms with Crippen LogP contribution < -0.4 is 5.32 Å². The number of hydroxylamine groups is 2. The number of amides is 1. The zero-order valence-corrected chi connectivity index (χ0v) is 33.3. The monoisotopic (exact) mass is 748 g/mol. The summed E-state index contributed by atoms with van der Waals surface area (Å²) in [6.45, 7) is 11.7. The van der Waals surface area contributed by atoms with Gasteiger partial charge < -0.3 is 29.4 Å². The highest BCUT2D eigenvalue weighted by molar-refractivity contribution is 5.93. The zero-order chi connectivity index (χ0) is 37.9. The van der Waals surface area contributed by atoms with Crippen LogP contribution >= 0.6 is 0 Å². The SMILES string of the molecule is CCCCCC1(CCCCC)OC2C3CC4(C(=O)NCCO)C(ON(Cc5ccc(C=C6CCC7OC7(C)CCC7C6CC7(C)C)cc5)C4C(=O)O3)C2O1. The number of carbonyl (C=O) groups excluding carboxylic acids is 2. The van der Waals surface area contributed by atoms with E-state index >= 15 is 0 Å². The van der Waals surface area contributed by atoms with Gasteiger partial charge in [0.2, 0.25) is 5.91 Å². The molecule has 1 aromatic rings. The minimum atomic E-state index is -1.24. The highest BCUT2D eigenvalue weighted by Crippen LogP contribution is 2.60. The van der Waals surface area contributed by atoms with E-state index in [0.29, 0.717) is 29.9 Å². The molecule has 0 radical (unpaired) electrons. The molecule has 3 aliphatic carbocycles. The Bertz CT molecular complexity index is 1570. The maximum absolute atomic E-state index is 14.3. The minimum Gasteiger partial charge on any atom is -0.458 e. The fourth-order valence-corrected chi connectivity index (χ4v) is 11.3. The van der Waals surface area contributed by atoms with E-state index in [4.69, 9.17) is 23.8 Å². The Balaban J connectivity index is 1.04. The van der Waals surface area contributed by atoms with Gasteiger partial charge in [0.25, 0.3) is 0 Å². The molecule has 8 rings (SSSR count). The Morgan fingerprint density at radius 3 is 2.37 bits per heavy atom. The van der Waals surface area contributed by atoms with E-state index in [2.05, 4.69) is 70.3 Å². The number of aliphatic hydroxyl groups excluding tert-OH is 1. The summed E-state index contributed by atoms with van der Waals surface area (Å²) < 4.78 is 26.2. The van der Waals surface area contributed by atoms with Crippen LogP contribution in [0.4, 0.5) is 0 Å². The van der Waals surface area contributed by atoms with Crippen molar-refractivity contribution in [2.75, 3.05) is 13.2 Å². The summed E-state index contributed by atoms with van der Waals surface area (Å²) in [5, 5.41) is 14.2. The second kappa shape index (κ2) is 14.9. The maximum Gasteiger partial charge on any atom is 0.327 e. The van der Waals surface area contributed by atoms with Crippen LogP contribution in [0.5, 0.6) is 0 Å². The van der Waals surface area contributed by atoms with Gasteiger partial charge in [0.15, 0.2) is 11.8 Å². The lowest BCUT2D eigenvalue weighted by molar-refractivity contribution is -0.224. The molecule has 4 heterocycles. The van der Waals surface area contributed by atoms with Gasteiger partial charge in [-0.15, -0.1) is 0 Å². The average Bonchev–Trinajstić information content (AvgIpc) is 3.43. The molecule has 10 nitrogen and oxygen atoms in total. The molecule has 54 heavy (non-hydrogen) atoms. The Morgan fingerprint density at radius 2 is 1.69 bits per heavy atom. The molecule has 10 heteroatoms. The second-order valence-electron chi connectivity index (χ2n) is 18.6. The number of allylic oxidation sites excluding steroid dienone is 1. The molecule has 7 fully saturated rings. The highest BCUT2D eigenvalue weighted by atomic mass is 16.8. The fourth-order valence-electron chi connectivity index (χ4n) is 11.3. The number of aliphatic hydroxyl groups is 1. The highest BCUT2D eigenvalue weighted by Gasteiger charge is 2.76. The third-order valence-corrected chi connectivity index (χ3v) is 14.5. The van der Waals surface area contributed by atoms with Crippen LogP contribution in [-0.4, -0.2) is 83.1 Å². The van der Waals surface area contributed by atoms with Crippen molar-refractivity contribution in [2.45, 2.75) is 179 Å². The van der Waals surface area contributed by atoms with Gasteiger partial charge in [-0.1, -0.05) is 89.3 Å². The number of rotatable bonds is 14. The Labute approximate surface area is 322 Å². The number of nitrogens with zero attached hydrogens (tertiary/aromatic N) is 1. The Kier molecular flexibility index (Phi) is 10.6. The van der Waals surface area contributed by atoms with E-state index in [1.54, 1.807) is 10.6 Å². The van der Waals surface area contributed by atoms with Crippen molar-refractivity contribution in [3.05, 3.63) is 41.0 Å². The van der Waals surface area contributed by atoms with Crippen LogP contribution in [0, 0.1) is 22.7 Å². The van der Waals surface area contributed by atoms with E-state index in [0.717, 1.165) is 76.2 Å². The summed E-state index contributed by atoms with van der Waals surface area (Å²) in [4.78, 5) is 35.1. The lowest BCUT2D eigenvalue weighted by Crippen LogP contribution is -2.69. The standard InChI is InChI=1S/C44H64N2O8/c1-6-8-10-19-43(20-11-9-7-2)52-35-33-26-44(40(49)45-22-23-47)37(39(48)50-33)46(54-38(44)36(35)53-43)27-29-14-12-28(13-15-29)24-30-16-17-34-42(5,51-34)21-18-32-31(30)25-41(32,3)4/h12-15,24,31-38,47H,6-11,16-23,25-27H2,1-5H3,(H,45,49). The molecule has 10 unspecified atom stereocenters. The van der Waals surface area contributed by atoms with E-state index in [1.165, 1.54) is 18.4 Å². The van der Waals surface area contributed by atoms with Gasteiger partial charge in [-0.2, -0.15) is 5.06 Å². The van der Waals surface area contributed by atoms with E-state index in [1.807, 2.05) is 0 Å². The predicted molar refractivity (Wildman–Crippen MR) is 204 cm³/mol.